The molecule has 0 amide bonds. The van der Waals surface area contributed by atoms with E-state index in [1.165, 1.54) is 27.5 Å². The minimum absolute atomic E-state index is 0.769. The fourth-order valence-corrected chi connectivity index (χ4v) is 2.98. The number of fused-ring (bicyclic) bond motifs is 2. The number of hydrogen-bond acceptors (Lipinski definition) is 0. The highest BCUT2D eigenvalue weighted by molar-refractivity contribution is 6.35. The van der Waals surface area contributed by atoms with Gasteiger partial charge in [0.1, 0.15) is 0 Å². The predicted molar refractivity (Wildman–Crippen MR) is 84.4 cm³/mol. The van der Waals surface area contributed by atoms with Gasteiger partial charge in [0.2, 0.25) is 0 Å². The first-order valence-electron chi connectivity index (χ1n) is 6.62. The molecular formula is C17H13ClN2. The van der Waals surface area contributed by atoms with E-state index in [1.807, 2.05) is 24.4 Å². The molecule has 0 aliphatic rings. The first-order chi connectivity index (χ1) is 9.81. The third-order valence-electron chi connectivity index (χ3n) is 3.72. The summed E-state index contributed by atoms with van der Waals surface area (Å²) < 4.78 is 0. The van der Waals surface area contributed by atoms with Crippen molar-refractivity contribution in [1.82, 2.24) is 9.97 Å². The van der Waals surface area contributed by atoms with Crippen LogP contribution in [0.1, 0.15) is 11.3 Å². The van der Waals surface area contributed by atoms with Crippen molar-refractivity contribution in [3.05, 3.63) is 71.0 Å². The lowest BCUT2D eigenvalue weighted by molar-refractivity contribution is 1.13. The fourth-order valence-electron chi connectivity index (χ4n) is 2.76. The summed E-state index contributed by atoms with van der Waals surface area (Å²) in [7, 11) is 0. The number of hydrogen-bond donors (Lipinski definition) is 2. The van der Waals surface area contributed by atoms with Crippen molar-refractivity contribution in [2.24, 2.45) is 0 Å². The highest BCUT2D eigenvalue weighted by Gasteiger charge is 2.08. The van der Waals surface area contributed by atoms with Crippen LogP contribution >= 0.6 is 11.6 Å². The monoisotopic (exact) mass is 280 g/mol. The average Bonchev–Trinajstić information content (AvgIpc) is 3.04. The van der Waals surface area contributed by atoms with Crippen molar-refractivity contribution >= 4 is 33.4 Å². The molecule has 2 aromatic heterocycles. The highest BCUT2D eigenvalue weighted by atomic mass is 35.5. The normalized spacial score (nSPS) is 11.4. The van der Waals surface area contributed by atoms with Crippen LogP contribution in [0.2, 0.25) is 5.02 Å². The fraction of sp³-hybridized carbons (Fsp3) is 0.0588. The topological polar surface area (TPSA) is 31.6 Å². The number of rotatable bonds is 2. The standard InChI is InChI=1S/C17H13ClN2/c18-15-6-3-5-14-12(10-19-17(14)15)9-13-8-11-4-1-2-7-16(11)20-13/h1-8,10,19-20H,9H2. The van der Waals surface area contributed by atoms with Crippen molar-refractivity contribution in [3.8, 4) is 0 Å². The summed E-state index contributed by atoms with van der Waals surface area (Å²) >= 11 is 6.20. The zero-order chi connectivity index (χ0) is 13.5. The molecule has 0 saturated carbocycles. The Balaban J connectivity index is 1.78. The number of aromatic nitrogens is 2. The molecule has 4 aromatic rings. The van der Waals surface area contributed by atoms with E-state index in [0.717, 1.165) is 17.0 Å². The van der Waals surface area contributed by atoms with Crippen molar-refractivity contribution in [2.45, 2.75) is 6.42 Å². The summed E-state index contributed by atoms with van der Waals surface area (Å²) in [5, 5.41) is 3.21. The Morgan fingerprint density at radius 2 is 1.90 bits per heavy atom. The van der Waals surface area contributed by atoms with Crippen LogP contribution in [-0.4, -0.2) is 9.97 Å². The molecule has 20 heavy (non-hydrogen) atoms. The van der Waals surface area contributed by atoms with E-state index in [2.05, 4.69) is 40.3 Å². The maximum absolute atomic E-state index is 6.20. The van der Waals surface area contributed by atoms with Gasteiger partial charge < -0.3 is 9.97 Å². The molecule has 4 rings (SSSR count). The molecule has 0 bridgehead atoms. The Labute approximate surface area is 121 Å². The number of para-hydroxylation sites is 2. The zero-order valence-corrected chi connectivity index (χ0v) is 11.5. The maximum Gasteiger partial charge on any atom is 0.0647 e. The van der Waals surface area contributed by atoms with Gasteiger partial charge in [0.05, 0.1) is 10.5 Å². The van der Waals surface area contributed by atoms with Gasteiger partial charge in [-0.25, -0.2) is 0 Å². The molecule has 0 radical (unpaired) electrons. The van der Waals surface area contributed by atoms with E-state index in [1.54, 1.807) is 0 Å². The largest absolute Gasteiger partial charge is 0.360 e. The predicted octanol–water partition coefficient (Wildman–Crippen LogP) is 4.89. The van der Waals surface area contributed by atoms with Crippen LogP contribution in [0, 0.1) is 0 Å². The molecule has 0 fully saturated rings. The molecule has 0 unspecified atom stereocenters. The average molecular weight is 281 g/mol. The summed E-state index contributed by atoms with van der Waals surface area (Å²) in [4.78, 5) is 6.73. The molecule has 2 heterocycles. The molecule has 98 valence electrons. The second-order valence-corrected chi connectivity index (χ2v) is 5.44. The molecule has 0 aliphatic heterocycles. The van der Waals surface area contributed by atoms with Gasteiger partial charge in [-0.3, -0.25) is 0 Å². The van der Waals surface area contributed by atoms with E-state index >= 15 is 0 Å². The van der Waals surface area contributed by atoms with Crippen LogP contribution in [-0.2, 0) is 6.42 Å². The van der Waals surface area contributed by atoms with Crippen LogP contribution in [0.5, 0.6) is 0 Å². The van der Waals surface area contributed by atoms with Crippen LogP contribution < -0.4 is 0 Å². The number of benzene rings is 2. The summed E-state index contributed by atoms with van der Waals surface area (Å²) in [6, 6.07) is 16.6. The molecule has 0 atom stereocenters. The molecule has 0 saturated heterocycles. The minimum Gasteiger partial charge on any atom is -0.360 e. The van der Waals surface area contributed by atoms with E-state index in [4.69, 9.17) is 11.6 Å². The van der Waals surface area contributed by atoms with Crippen molar-refractivity contribution in [2.75, 3.05) is 0 Å². The van der Waals surface area contributed by atoms with Crippen LogP contribution in [0.15, 0.2) is 54.7 Å². The summed E-state index contributed by atoms with van der Waals surface area (Å²) in [5.74, 6) is 0. The van der Waals surface area contributed by atoms with Gasteiger partial charge in [0.15, 0.2) is 0 Å². The summed E-state index contributed by atoms with van der Waals surface area (Å²) in [5.41, 5.74) is 4.67. The SMILES string of the molecule is Clc1cccc2c(Cc3cc4ccccc4[nH]3)c[nH]c12. The molecule has 0 aliphatic carbocycles. The molecule has 0 spiro atoms. The van der Waals surface area contributed by atoms with Crippen molar-refractivity contribution < 1.29 is 0 Å². The number of H-pyrrole nitrogens is 2. The first kappa shape index (κ1) is 11.6. The molecule has 3 heteroatoms. The van der Waals surface area contributed by atoms with Gasteiger partial charge in [-0.05, 0) is 29.1 Å². The third-order valence-corrected chi connectivity index (χ3v) is 4.03. The first-order valence-corrected chi connectivity index (χ1v) is 7.00. The summed E-state index contributed by atoms with van der Waals surface area (Å²) in [6.07, 6.45) is 2.91. The van der Waals surface area contributed by atoms with Gasteiger partial charge >= 0.3 is 0 Å². The van der Waals surface area contributed by atoms with Gasteiger partial charge in [0, 0.05) is 29.2 Å². The number of nitrogens with one attached hydrogen (secondary N) is 2. The lowest BCUT2D eigenvalue weighted by Crippen LogP contribution is -1.86. The van der Waals surface area contributed by atoms with Gasteiger partial charge in [-0.15, -0.1) is 0 Å². The maximum atomic E-state index is 6.20. The third kappa shape index (κ3) is 1.81. The Kier molecular flexibility index (Phi) is 2.57. The molecule has 2 nitrogen and oxygen atoms in total. The quantitative estimate of drug-likeness (QED) is 0.524. The van der Waals surface area contributed by atoms with Gasteiger partial charge in [0.25, 0.3) is 0 Å². The van der Waals surface area contributed by atoms with E-state index in [0.29, 0.717) is 0 Å². The Bertz CT molecular complexity index is 869. The van der Waals surface area contributed by atoms with Crippen molar-refractivity contribution in [3.63, 3.8) is 0 Å². The lowest BCUT2D eigenvalue weighted by Gasteiger charge is -1.98. The van der Waals surface area contributed by atoms with Crippen LogP contribution in [0.4, 0.5) is 0 Å². The zero-order valence-electron chi connectivity index (χ0n) is 10.8. The Morgan fingerprint density at radius 3 is 2.80 bits per heavy atom. The number of halogens is 1. The van der Waals surface area contributed by atoms with E-state index < -0.39 is 0 Å². The van der Waals surface area contributed by atoms with E-state index in [9.17, 15) is 0 Å². The van der Waals surface area contributed by atoms with E-state index in [-0.39, 0.29) is 0 Å². The Hall–Kier alpha value is -2.19. The molecular weight excluding hydrogens is 268 g/mol. The second-order valence-electron chi connectivity index (χ2n) is 5.03. The number of aromatic amines is 2. The summed E-state index contributed by atoms with van der Waals surface area (Å²) in [6.45, 7) is 0. The smallest absolute Gasteiger partial charge is 0.0647 e. The van der Waals surface area contributed by atoms with Crippen LogP contribution in [0.25, 0.3) is 21.8 Å². The lowest BCUT2D eigenvalue weighted by atomic mass is 10.1. The highest BCUT2D eigenvalue weighted by Crippen LogP contribution is 2.27. The van der Waals surface area contributed by atoms with Gasteiger partial charge in [-0.2, -0.15) is 0 Å². The Morgan fingerprint density at radius 1 is 1.00 bits per heavy atom. The van der Waals surface area contributed by atoms with Crippen molar-refractivity contribution in [1.29, 1.82) is 0 Å². The van der Waals surface area contributed by atoms with Crippen LogP contribution in [0.3, 0.4) is 0 Å². The second kappa shape index (κ2) is 4.43. The van der Waals surface area contributed by atoms with Gasteiger partial charge in [-0.1, -0.05) is 41.9 Å². The molecule has 2 N–H and O–H groups in total. The minimum atomic E-state index is 0.769. The molecule has 2 aromatic carbocycles.